The fourth-order valence-corrected chi connectivity index (χ4v) is 2.81. The quantitative estimate of drug-likeness (QED) is 0.621. The SMILES string of the molecule is Cc1ccccc1C(CBr)CCCC(C)C. The average Bonchev–Trinajstić information content (AvgIpc) is 2.25. The summed E-state index contributed by atoms with van der Waals surface area (Å²) in [5.74, 6) is 1.51. The standard InChI is InChI=1S/C15H23Br/c1-12(2)7-6-9-14(11-16)15-10-5-4-8-13(15)3/h4-5,8,10,12,14H,6-7,9,11H2,1-3H3. The fourth-order valence-electron chi connectivity index (χ4n) is 2.13. The van der Waals surface area contributed by atoms with E-state index in [-0.39, 0.29) is 0 Å². The summed E-state index contributed by atoms with van der Waals surface area (Å²) >= 11 is 3.65. The molecule has 0 radical (unpaired) electrons. The number of benzene rings is 1. The van der Waals surface area contributed by atoms with Crippen LogP contribution in [0.3, 0.4) is 0 Å². The minimum Gasteiger partial charge on any atom is -0.0921 e. The van der Waals surface area contributed by atoms with Crippen LogP contribution < -0.4 is 0 Å². The second-order valence-corrected chi connectivity index (χ2v) is 5.68. The maximum Gasteiger partial charge on any atom is 0.0100 e. The van der Waals surface area contributed by atoms with Crippen LogP contribution in [0.15, 0.2) is 24.3 Å². The van der Waals surface area contributed by atoms with Gasteiger partial charge in [-0.2, -0.15) is 0 Å². The molecule has 0 amide bonds. The highest BCUT2D eigenvalue weighted by Gasteiger charge is 2.11. The summed E-state index contributed by atoms with van der Waals surface area (Å²) < 4.78 is 0. The van der Waals surface area contributed by atoms with E-state index in [1.165, 1.54) is 30.4 Å². The first kappa shape index (κ1) is 13.8. The molecule has 0 aliphatic heterocycles. The Labute approximate surface area is 109 Å². The number of aryl methyl sites for hydroxylation is 1. The molecule has 0 bridgehead atoms. The molecule has 0 saturated carbocycles. The van der Waals surface area contributed by atoms with Crippen molar-refractivity contribution in [1.82, 2.24) is 0 Å². The van der Waals surface area contributed by atoms with E-state index >= 15 is 0 Å². The van der Waals surface area contributed by atoms with Crippen molar-refractivity contribution in [2.24, 2.45) is 5.92 Å². The van der Waals surface area contributed by atoms with Crippen LogP contribution in [0.1, 0.15) is 50.2 Å². The van der Waals surface area contributed by atoms with Gasteiger partial charge in [0.05, 0.1) is 0 Å². The van der Waals surface area contributed by atoms with Gasteiger partial charge in [-0.15, -0.1) is 0 Å². The first-order valence-electron chi connectivity index (χ1n) is 6.26. The minimum absolute atomic E-state index is 0.681. The second-order valence-electron chi connectivity index (χ2n) is 5.03. The van der Waals surface area contributed by atoms with E-state index in [4.69, 9.17) is 0 Å². The molecular formula is C15H23Br. The largest absolute Gasteiger partial charge is 0.0921 e. The van der Waals surface area contributed by atoms with Crippen LogP contribution in [0.5, 0.6) is 0 Å². The highest BCUT2D eigenvalue weighted by atomic mass is 79.9. The first-order valence-corrected chi connectivity index (χ1v) is 7.38. The van der Waals surface area contributed by atoms with E-state index in [1.807, 2.05) is 0 Å². The van der Waals surface area contributed by atoms with Crippen LogP contribution in [0.25, 0.3) is 0 Å². The Morgan fingerprint density at radius 2 is 1.81 bits per heavy atom. The van der Waals surface area contributed by atoms with Crippen molar-refractivity contribution < 1.29 is 0 Å². The Morgan fingerprint density at radius 1 is 1.12 bits per heavy atom. The number of alkyl halides is 1. The number of hydrogen-bond acceptors (Lipinski definition) is 0. The highest BCUT2D eigenvalue weighted by Crippen LogP contribution is 2.27. The zero-order chi connectivity index (χ0) is 12.0. The van der Waals surface area contributed by atoms with Crippen LogP contribution >= 0.6 is 15.9 Å². The van der Waals surface area contributed by atoms with E-state index < -0.39 is 0 Å². The summed E-state index contributed by atoms with van der Waals surface area (Å²) in [5.41, 5.74) is 2.94. The van der Waals surface area contributed by atoms with Gasteiger partial charge in [0.15, 0.2) is 0 Å². The molecule has 0 N–H and O–H groups in total. The molecule has 1 atom stereocenters. The third-order valence-corrected chi connectivity index (χ3v) is 3.93. The maximum atomic E-state index is 3.65. The van der Waals surface area contributed by atoms with Crippen molar-refractivity contribution in [3.8, 4) is 0 Å². The lowest BCUT2D eigenvalue weighted by molar-refractivity contribution is 0.515. The van der Waals surface area contributed by atoms with Gasteiger partial charge in [-0.25, -0.2) is 0 Å². The lowest BCUT2D eigenvalue weighted by atomic mass is 9.91. The Morgan fingerprint density at radius 3 is 2.38 bits per heavy atom. The number of hydrogen-bond donors (Lipinski definition) is 0. The maximum absolute atomic E-state index is 3.65. The topological polar surface area (TPSA) is 0 Å². The first-order chi connectivity index (χ1) is 7.65. The van der Waals surface area contributed by atoms with Crippen molar-refractivity contribution in [1.29, 1.82) is 0 Å². The van der Waals surface area contributed by atoms with E-state index in [2.05, 4.69) is 61.0 Å². The predicted molar refractivity (Wildman–Crippen MR) is 76.4 cm³/mol. The smallest absolute Gasteiger partial charge is 0.0100 e. The van der Waals surface area contributed by atoms with E-state index in [9.17, 15) is 0 Å². The van der Waals surface area contributed by atoms with Crippen molar-refractivity contribution in [3.05, 3.63) is 35.4 Å². The van der Waals surface area contributed by atoms with E-state index in [1.54, 1.807) is 0 Å². The van der Waals surface area contributed by atoms with Gasteiger partial charge in [-0.05, 0) is 36.3 Å². The second kappa shape index (κ2) is 7.11. The summed E-state index contributed by atoms with van der Waals surface area (Å²) in [6, 6.07) is 8.77. The van der Waals surface area contributed by atoms with Gasteiger partial charge in [-0.3, -0.25) is 0 Å². The summed E-state index contributed by atoms with van der Waals surface area (Å²) in [6.45, 7) is 6.82. The zero-order valence-corrected chi connectivity index (χ0v) is 12.3. The fraction of sp³-hybridized carbons (Fsp3) is 0.600. The molecule has 16 heavy (non-hydrogen) atoms. The lowest BCUT2D eigenvalue weighted by Gasteiger charge is -2.17. The van der Waals surface area contributed by atoms with Crippen molar-refractivity contribution in [2.75, 3.05) is 5.33 Å². The van der Waals surface area contributed by atoms with Crippen molar-refractivity contribution in [2.45, 2.75) is 46.0 Å². The Bertz CT molecular complexity index is 304. The summed E-state index contributed by atoms with van der Waals surface area (Å²) in [5, 5.41) is 1.08. The molecule has 0 spiro atoms. The van der Waals surface area contributed by atoms with Crippen LogP contribution in [0, 0.1) is 12.8 Å². The molecule has 0 fully saturated rings. The molecule has 1 aromatic carbocycles. The van der Waals surface area contributed by atoms with Gasteiger partial charge in [-0.1, -0.05) is 66.9 Å². The molecule has 1 heteroatoms. The molecular weight excluding hydrogens is 260 g/mol. The van der Waals surface area contributed by atoms with Gasteiger partial charge in [0.2, 0.25) is 0 Å². The van der Waals surface area contributed by atoms with E-state index in [0.717, 1.165) is 11.2 Å². The lowest BCUT2D eigenvalue weighted by Crippen LogP contribution is -2.03. The molecule has 0 heterocycles. The van der Waals surface area contributed by atoms with Gasteiger partial charge >= 0.3 is 0 Å². The third kappa shape index (κ3) is 4.29. The third-order valence-electron chi connectivity index (χ3n) is 3.15. The molecule has 0 nitrogen and oxygen atoms in total. The van der Waals surface area contributed by atoms with Gasteiger partial charge in [0, 0.05) is 5.33 Å². The van der Waals surface area contributed by atoms with Gasteiger partial charge in [0.25, 0.3) is 0 Å². The van der Waals surface area contributed by atoms with E-state index in [0.29, 0.717) is 5.92 Å². The monoisotopic (exact) mass is 282 g/mol. The van der Waals surface area contributed by atoms with Crippen molar-refractivity contribution in [3.63, 3.8) is 0 Å². The highest BCUT2D eigenvalue weighted by molar-refractivity contribution is 9.09. The van der Waals surface area contributed by atoms with Gasteiger partial charge in [0.1, 0.15) is 0 Å². The summed E-state index contributed by atoms with van der Waals surface area (Å²) in [7, 11) is 0. The zero-order valence-electron chi connectivity index (χ0n) is 10.7. The molecule has 1 unspecified atom stereocenters. The van der Waals surface area contributed by atoms with Crippen LogP contribution in [0.2, 0.25) is 0 Å². The van der Waals surface area contributed by atoms with Crippen LogP contribution in [-0.4, -0.2) is 5.33 Å². The normalized spacial score (nSPS) is 13.1. The average molecular weight is 283 g/mol. The molecule has 1 aromatic rings. The molecule has 0 saturated heterocycles. The predicted octanol–water partition coefficient (Wildman–Crippen LogP) is 5.30. The Balaban J connectivity index is 2.57. The Hall–Kier alpha value is -0.300. The Kier molecular flexibility index (Phi) is 6.12. The summed E-state index contributed by atoms with van der Waals surface area (Å²) in [4.78, 5) is 0. The van der Waals surface area contributed by atoms with Gasteiger partial charge < -0.3 is 0 Å². The van der Waals surface area contributed by atoms with Crippen LogP contribution in [-0.2, 0) is 0 Å². The summed E-state index contributed by atoms with van der Waals surface area (Å²) in [6.07, 6.45) is 3.98. The minimum atomic E-state index is 0.681. The van der Waals surface area contributed by atoms with Crippen LogP contribution in [0.4, 0.5) is 0 Å². The molecule has 0 aliphatic carbocycles. The molecule has 1 rings (SSSR count). The molecule has 90 valence electrons. The number of halogens is 1. The molecule has 0 aromatic heterocycles. The molecule has 0 aliphatic rings. The number of rotatable bonds is 6. The van der Waals surface area contributed by atoms with Crippen molar-refractivity contribution >= 4 is 15.9 Å².